The number of piperidine rings is 1. The van der Waals surface area contributed by atoms with E-state index in [1.54, 1.807) is 19.2 Å². The van der Waals surface area contributed by atoms with Crippen LogP contribution in [-0.2, 0) is 11.2 Å². The monoisotopic (exact) mass is 280 g/mol. The van der Waals surface area contributed by atoms with Gasteiger partial charge < -0.3 is 15.4 Å². The summed E-state index contributed by atoms with van der Waals surface area (Å²) in [5, 5.41) is 0. The molecule has 2 rings (SSSR count). The van der Waals surface area contributed by atoms with Crippen LogP contribution in [0.1, 0.15) is 31.7 Å². The standard InChI is InChI=1S/C16H25FN2O/c1-3-14(18)11-12-10-13(17)4-5-16(12)19-8-6-15(20-2)7-9-19/h4-5,10,14-15H,3,6-9,11,18H2,1-2H3. The minimum Gasteiger partial charge on any atom is -0.381 e. The van der Waals surface area contributed by atoms with Crippen molar-refractivity contribution in [2.75, 3.05) is 25.1 Å². The molecule has 0 spiro atoms. The third-order valence-electron chi connectivity index (χ3n) is 4.16. The van der Waals surface area contributed by atoms with E-state index in [0.29, 0.717) is 6.10 Å². The average molecular weight is 280 g/mol. The molecule has 0 amide bonds. The molecule has 1 fully saturated rings. The van der Waals surface area contributed by atoms with Crippen LogP contribution < -0.4 is 10.6 Å². The van der Waals surface area contributed by atoms with Crippen molar-refractivity contribution in [1.82, 2.24) is 0 Å². The molecule has 3 nitrogen and oxygen atoms in total. The molecule has 0 aliphatic carbocycles. The summed E-state index contributed by atoms with van der Waals surface area (Å²) in [6, 6.07) is 5.15. The normalized spacial score (nSPS) is 18.3. The summed E-state index contributed by atoms with van der Waals surface area (Å²) in [6.45, 7) is 3.98. The van der Waals surface area contributed by atoms with Crippen molar-refractivity contribution in [2.45, 2.75) is 44.8 Å². The topological polar surface area (TPSA) is 38.5 Å². The molecule has 1 aliphatic rings. The van der Waals surface area contributed by atoms with Crippen LogP contribution in [-0.4, -0.2) is 32.3 Å². The lowest BCUT2D eigenvalue weighted by molar-refractivity contribution is 0.0819. The van der Waals surface area contributed by atoms with Crippen LogP contribution in [0.5, 0.6) is 0 Å². The number of benzene rings is 1. The number of hydrogen-bond donors (Lipinski definition) is 1. The van der Waals surface area contributed by atoms with Gasteiger partial charge in [0.05, 0.1) is 6.10 Å². The average Bonchev–Trinajstić information content (AvgIpc) is 2.47. The summed E-state index contributed by atoms with van der Waals surface area (Å²) < 4.78 is 18.9. The number of halogens is 1. The zero-order valence-electron chi connectivity index (χ0n) is 12.4. The SMILES string of the molecule is CCC(N)Cc1cc(F)ccc1N1CCC(OC)CC1. The molecule has 1 aliphatic heterocycles. The second-order valence-electron chi connectivity index (χ2n) is 5.57. The highest BCUT2D eigenvalue weighted by Crippen LogP contribution is 2.27. The van der Waals surface area contributed by atoms with Gasteiger partial charge in [0.1, 0.15) is 5.82 Å². The maximum absolute atomic E-state index is 13.5. The van der Waals surface area contributed by atoms with Gasteiger partial charge in [0.2, 0.25) is 0 Å². The first-order valence-electron chi connectivity index (χ1n) is 7.45. The molecular weight excluding hydrogens is 255 g/mol. The van der Waals surface area contributed by atoms with E-state index in [1.807, 2.05) is 6.07 Å². The van der Waals surface area contributed by atoms with E-state index in [1.165, 1.54) is 0 Å². The van der Waals surface area contributed by atoms with E-state index in [-0.39, 0.29) is 11.9 Å². The van der Waals surface area contributed by atoms with Gasteiger partial charge in [-0.15, -0.1) is 0 Å². The highest BCUT2D eigenvalue weighted by atomic mass is 19.1. The van der Waals surface area contributed by atoms with Gasteiger partial charge in [-0.25, -0.2) is 4.39 Å². The fourth-order valence-electron chi connectivity index (χ4n) is 2.79. The molecule has 0 radical (unpaired) electrons. The van der Waals surface area contributed by atoms with Gasteiger partial charge in [0.25, 0.3) is 0 Å². The molecule has 4 heteroatoms. The number of anilines is 1. The summed E-state index contributed by atoms with van der Waals surface area (Å²) in [6.07, 6.45) is 4.03. The second-order valence-corrected chi connectivity index (χ2v) is 5.57. The Labute approximate surface area is 120 Å². The van der Waals surface area contributed by atoms with E-state index in [0.717, 1.165) is 50.0 Å². The molecule has 2 N–H and O–H groups in total. The van der Waals surface area contributed by atoms with Crippen molar-refractivity contribution in [1.29, 1.82) is 0 Å². The van der Waals surface area contributed by atoms with Crippen molar-refractivity contribution >= 4 is 5.69 Å². The van der Waals surface area contributed by atoms with Crippen LogP contribution in [0.15, 0.2) is 18.2 Å². The lowest BCUT2D eigenvalue weighted by Crippen LogP contribution is -2.37. The zero-order valence-corrected chi connectivity index (χ0v) is 12.4. The van der Waals surface area contributed by atoms with Gasteiger partial charge in [0.15, 0.2) is 0 Å². The number of ether oxygens (including phenoxy) is 1. The molecule has 0 saturated carbocycles. The fourth-order valence-corrected chi connectivity index (χ4v) is 2.79. The van der Waals surface area contributed by atoms with Gasteiger partial charge in [0, 0.05) is 31.9 Å². The lowest BCUT2D eigenvalue weighted by atomic mass is 10.00. The molecule has 1 unspecified atom stereocenters. The molecule has 0 aromatic heterocycles. The number of nitrogens with two attached hydrogens (primary N) is 1. The Kier molecular flexibility index (Phi) is 5.38. The van der Waals surface area contributed by atoms with Crippen LogP contribution in [0.25, 0.3) is 0 Å². The van der Waals surface area contributed by atoms with E-state index in [2.05, 4.69) is 11.8 Å². The maximum Gasteiger partial charge on any atom is 0.123 e. The van der Waals surface area contributed by atoms with Crippen molar-refractivity contribution < 1.29 is 9.13 Å². The van der Waals surface area contributed by atoms with Crippen LogP contribution in [0.2, 0.25) is 0 Å². The van der Waals surface area contributed by atoms with Crippen molar-refractivity contribution in [3.05, 3.63) is 29.6 Å². The fraction of sp³-hybridized carbons (Fsp3) is 0.625. The van der Waals surface area contributed by atoms with Crippen molar-refractivity contribution in [3.63, 3.8) is 0 Å². The molecule has 1 aromatic carbocycles. The highest BCUT2D eigenvalue weighted by molar-refractivity contribution is 5.54. The maximum atomic E-state index is 13.5. The summed E-state index contributed by atoms with van der Waals surface area (Å²) in [5.74, 6) is -0.182. The van der Waals surface area contributed by atoms with Crippen molar-refractivity contribution in [3.8, 4) is 0 Å². The van der Waals surface area contributed by atoms with Gasteiger partial charge >= 0.3 is 0 Å². The van der Waals surface area contributed by atoms with Crippen LogP contribution in [0, 0.1) is 5.82 Å². The van der Waals surface area contributed by atoms with Gasteiger partial charge in [-0.2, -0.15) is 0 Å². The van der Waals surface area contributed by atoms with E-state index in [9.17, 15) is 4.39 Å². The first-order valence-corrected chi connectivity index (χ1v) is 7.45. The Morgan fingerprint density at radius 2 is 2.10 bits per heavy atom. The molecule has 1 heterocycles. The third kappa shape index (κ3) is 3.70. The molecular formula is C16H25FN2O. The summed E-state index contributed by atoms with van der Waals surface area (Å²) >= 11 is 0. The molecule has 0 bridgehead atoms. The van der Waals surface area contributed by atoms with Gasteiger partial charge in [-0.05, 0) is 49.4 Å². The first-order chi connectivity index (χ1) is 9.63. The number of nitrogens with zero attached hydrogens (tertiary/aromatic N) is 1. The molecule has 20 heavy (non-hydrogen) atoms. The Hall–Kier alpha value is -1.13. The van der Waals surface area contributed by atoms with E-state index < -0.39 is 0 Å². The molecule has 1 aromatic rings. The molecule has 1 saturated heterocycles. The van der Waals surface area contributed by atoms with Crippen LogP contribution in [0.4, 0.5) is 10.1 Å². The minimum atomic E-state index is -0.182. The Morgan fingerprint density at radius 3 is 2.70 bits per heavy atom. The first kappa shape index (κ1) is 15.3. The molecule has 112 valence electrons. The predicted molar refractivity (Wildman–Crippen MR) is 80.6 cm³/mol. The summed E-state index contributed by atoms with van der Waals surface area (Å²) in [5.41, 5.74) is 8.19. The summed E-state index contributed by atoms with van der Waals surface area (Å²) in [4.78, 5) is 2.33. The zero-order chi connectivity index (χ0) is 14.5. The lowest BCUT2D eigenvalue weighted by Gasteiger charge is -2.34. The van der Waals surface area contributed by atoms with Gasteiger partial charge in [-0.1, -0.05) is 6.92 Å². The van der Waals surface area contributed by atoms with Crippen molar-refractivity contribution in [2.24, 2.45) is 5.73 Å². The predicted octanol–water partition coefficient (Wildman–Crippen LogP) is 2.72. The largest absolute Gasteiger partial charge is 0.381 e. The summed E-state index contributed by atoms with van der Waals surface area (Å²) in [7, 11) is 1.77. The van der Waals surface area contributed by atoms with Gasteiger partial charge in [-0.3, -0.25) is 0 Å². The number of rotatable bonds is 5. The van der Waals surface area contributed by atoms with Crippen LogP contribution in [0.3, 0.4) is 0 Å². The minimum absolute atomic E-state index is 0.0899. The van der Waals surface area contributed by atoms with E-state index >= 15 is 0 Å². The third-order valence-corrected chi connectivity index (χ3v) is 4.16. The number of hydrogen-bond acceptors (Lipinski definition) is 3. The van der Waals surface area contributed by atoms with Crippen LogP contribution >= 0.6 is 0 Å². The highest BCUT2D eigenvalue weighted by Gasteiger charge is 2.21. The quantitative estimate of drug-likeness (QED) is 0.901. The van der Waals surface area contributed by atoms with E-state index in [4.69, 9.17) is 10.5 Å². The number of methoxy groups -OCH3 is 1. The second kappa shape index (κ2) is 7.04. The Morgan fingerprint density at radius 1 is 1.40 bits per heavy atom. The Bertz CT molecular complexity index is 430. The molecule has 1 atom stereocenters. The smallest absolute Gasteiger partial charge is 0.123 e. The Balaban J connectivity index is 2.14.